The molecule has 2 nitrogen and oxygen atoms in total. The highest BCUT2D eigenvalue weighted by Crippen LogP contribution is 2.48. The SMILES string of the molecule is C=CC(F)/C=C\C/C(=C\CP)CC1(Cc2ccc(F)c(F)c2)CCC(c2ccc(Cl)cc2)N(c2ccc(Cl)cc2)C1=O. The van der Waals surface area contributed by atoms with Gasteiger partial charge in [-0.2, -0.15) is 0 Å². The number of carbonyl (C=O) groups is 1. The molecular weight excluding hydrogens is 597 g/mol. The van der Waals surface area contributed by atoms with Gasteiger partial charge >= 0.3 is 0 Å². The first-order valence-electron chi connectivity index (χ1n) is 13.8. The van der Waals surface area contributed by atoms with Crippen LogP contribution in [0.15, 0.2) is 103 Å². The maximum absolute atomic E-state index is 14.9. The van der Waals surface area contributed by atoms with Crippen molar-refractivity contribution in [1.82, 2.24) is 0 Å². The lowest BCUT2D eigenvalue weighted by Gasteiger charge is -2.47. The summed E-state index contributed by atoms with van der Waals surface area (Å²) < 4.78 is 42.0. The molecule has 1 amide bonds. The molecule has 220 valence electrons. The first-order chi connectivity index (χ1) is 20.2. The number of halogens is 5. The fourth-order valence-electron chi connectivity index (χ4n) is 5.63. The quantitative estimate of drug-likeness (QED) is 0.153. The van der Waals surface area contributed by atoms with E-state index >= 15 is 0 Å². The van der Waals surface area contributed by atoms with E-state index in [0.29, 0.717) is 53.1 Å². The normalized spacial score (nSPS) is 20.2. The molecule has 0 bridgehead atoms. The van der Waals surface area contributed by atoms with Gasteiger partial charge in [0.05, 0.1) is 11.5 Å². The van der Waals surface area contributed by atoms with Crippen molar-refractivity contribution >= 4 is 44.0 Å². The molecule has 1 fully saturated rings. The fourth-order valence-corrected chi connectivity index (χ4v) is 6.22. The van der Waals surface area contributed by atoms with Crippen molar-refractivity contribution in [3.05, 3.63) is 136 Å². The van der Waals surface area contributed by atoms with E-state index in [-0.39, 0.29) is 18.4 Å². The van der Waals surface area contributed by atoms with Gasteiger partial charge in [-0.25, -0.2) is 13.2 Å². The van der Waals surface area contributed by atoms with E-state index in [0.717, 1.165) is 17.2 Å². The number of rotatable bonds is 11. The minimum atomic E-state index is -1.27. The minimum absolute atomic E-state index is 0.131. The van der Waals surface area contributed by atoms with Crippen LogP contribution in [0.1, 0.15) is 42.9 Å². The summed E-state index contributed by atoms with van der Waals surface area (Å²) in [7, 11) is 2.66. The third-order valence-corrected chi connectivity index (χ3v) is 8.40. The van der Waals surface area contributed by atoms with Crippen molar-refractivity contribution in [2.75, 3.05) is 11.1 Å². The molecule has 0 spiro atoms. The van der Waals surface area contributed by atoms with E-state index in [1.54, 1.807) is 35.2 Å². The highest BCUT2D eigenvalue weighted by molar-refractivity contribution is 7.16. The molecule has 0 aromatic heterocycles. The highest BCUT2D eigenvalue weighted by Gasteiger charge is 2.48. The smallest absolute Gasteiger partial charge is 0.234 e. The molecule has 4 atom stereocenters. The average molecular weight is 631 g/mol. The molecule has 0 aliphatic carbocycles. The number of nitrogens with zero attached hydrogens (tertiary/aromatic N) is 1. The van der Waals surface area contributed by atoms with Crippen LogP contribution in [0, 0.1) is 17.0 Å². The lowest BCUT2D eigenvalue weighted by molar-refractivity contribution is -0.131. The van der Waals surface area contributed by atoms with E-state index in [2.05, 4.69) is 15.8 Å². The maximum Gasteiger partial charge on any atom is 0.234 e. The van der Waals surface area contributed by atoms with Gasteiger partial charge in [-0.15, -0.1) is 9.24 Å². The zero-order chi connectivity index (χ0) is 30.3. The topological polar surface area (TPSA) is 20.3 Å². The second-order valence-electron chi connectivity index (χ2n) is 10.6. The van der Waals surface area contributed by atoms with Crippen molar-refractivity contribution in [3.8, 4) is 0 Å². The Bertz CT molecular complexity index is 1460. The van der Waals surface area contributed by atoms with Crippen LogP contribution in [0.5, 0.6) is 0 Å². The summed E-state index contributed by atoms with van der Waals surface area (Å²) in [4.78, 5) is 16.7. The number of alkyl halides is 1. The van der Waals surface area contributed by atoms with Crippen LogP contribution in [0.2, 0.25) is 10.0 Å². The number of piperidine rings is 1. The highest BCUT2D eigenvalue weighted by atomic mass is 35.5. The summed E-state index contributed by atoms with van der Waals surface area (Å²) in [6, 6.07) is 18.1. The lowest BCUT2D eigenvalue weighted by atomic mass is 9.67. The Hall–Kier alpha value is -2.85. The van der Waals surface area contributed by atoms with E-state index < -0.39 is 23.2 Å². The second-order valence-corrected chi connectivity index (χ2v) is 11.9. The molecule has 4 unspecified atom stereocenters. The number of hydrogen-bond acceptors (Lipinski definition) is 1. The minimum Gasteiger partial charge on any atom is -0.304 e. The molecule has 0 N–H and O–H groups in total. The number of allylic oxidation sites excluding steroid dienone is 5. The molecule has 1 aliphatic heterocycles. The number of carbonyl (C=O) groups excluding carboxylic acids is 1. The van der Waals surface area contributed by atoms with Crippen LogP contribution in [-0.4, -0.2) is 18.2 Å². The van der Waals surface area contributed by atoms with Crippen LogP contribution in [0.25, 0.3) is 0 Å². The largest absolute Gasteiger partial charge is 0.304 e. The second kappa shape index (κ2) is 14.6. The van der Waals surface area contributed by atoms with Crippen LogP contribution in [0.3, 0.4) is 0 Å². The molecule has 0 saturated carbocycles. The van der Waals surface area contributed by atoms with E-state index in [1.807, 2.05) is 30.3 Å². The van der Waals surface area contributed by atoms with Gasteiger partial charge < -0.3 is 4.90 Å². The summed E-state index contributed by atoms with van der Waals surface area (Å²) in [6.45, 7) is 3.48. The first-order valence-corrected chi connectivity index (χ1v) is 15.3. The average Bonchev–Trinajstić information content (AvgIpc) is 2.97. The number of hydrogen-bond donors (Lipinski definition) is 0. The van der Waals surface area contributed by atoms with Gasteiger partial charge in [-0.05, 0) is 97.9 Å². The Balaban J connectivity index is 1.81. The predicted molar refractivity (Wildman–Crippen MR) is 171 cm³/mol. The molecular formula is C34H33Cl2F3NOP. The molecule has 3 aromatic rings. The Labute approximate surface area is 258 Å². The third kappa shape index (κ3) is 7.75. The predicted octanol–water partition coefficient (Wildman–Crippen LogP) is 10.0. The van der Waals surface area contributed by atoms with Crippen molar-refractivity contribution in [2.24, 2.45) is 5.41 Å². The summed E-state index contributed by atoms with van der Waals surface area (Å²) in [5.74, 6) is -2.03. The lowest BCUT2D eigenvalue weighted by Crippen LogP contribution is -2.51. The van der Waals surface area contributed by atoms with Gasteiger partial charge in [0.1, 0.15) is 6.17 Å². The van der Waals surface area contributed by atoms with Gasteiger partial charge in [-0.1, -0.05) is 77.9 Å². The molecule has 1 aliphatic rings. The fraction of sp³-hybridized carbons (Fsp3) is 0.265. The molecule has 1 heterocycles. The zero-order valence-corrected chi connectivity index (χ0v) is 25.8. The number of benzene rings is 3. The van der Waals surface area contributed by atoms with Crippen LogP contribution in [0.4, 0.5) is 18.9 Å². The summed E-state index contributed by atoms with van der Waals surface area (Å²) in [5, 5.41) is 1.14. The first kappa shape index (κ1) is 32.1. The Morgan fingerprint density at radius 3 is 2.33 bits per heavy atom. The van der Waals surface area contributed by atoms with E-state index in [4.69, 9.17) is 23.2 Å². The molecule has 4 rings (SSSR count). The maximum atomic E-state index is 14.9. The molecule has 42 heavy (non-hydrogen) atoms. The monoisotopic (exact) mass is 629 g/mol. The standard InChI is InChI=1S/C34H33Cl2F3NOP/c1-2-28(37)5-3-4-23(17-19-42)21-34(22-24-6-15-30(38)31(39)20-24)18-16-32(25-7-9-26(35)10-8-25)40(33(34)41)29-13-11-27(36)12-14-29/h2-3,5-15,17,20,28,32H,1,4,16,18-19,21-22,42H2/b5-3-,23-17+. The van der Waals surface area contributed by atoms with E-state index in [9.17, 15) is 18.0 Å². The van der Waals surface area contributed by atoms with Crippen LogP contribution >= 0.6 is 32.4 Å². The third-order valence-electron chi connectivity index (χ3n) is 7.66. The van der Waals surface area contributed by atoms with Crippen LogP contribution in [-0.2, 0) is 11.2 Å². The number of amides is 1. The van der Waals surface area contributed by atoms with E-state index in [1.165, 1.54) is 24.3 Å². The summed E-state index contributed by atoms with van der Waals surface area (Å²) in [6.07, 6.45) is 7.92. The van der Waals surface area contributed by atoms with Crippen molar-refractivity contribution in [2.45, 2.75) is 44.3 Å². The Morgan fingerprint density at radius 2 is 1.71 bits per heavy atom. The van der Waals surface area contributed by atoms with Crippen molar-refractivity contribution in [3.63, 3.8) is 0 Å². The molecule has 1 saturated heterocycles. The zero-order valence-electron chi connectivity index (χ0n) is 23.1. The van der Waals surface area contributed by atoms with Crippen molar-refractivity contribution in [1.29, 1.82) is 0 Å². The molecule has 3 aromatic carbocycles. The van der Waals surface area contributed by atoms with Gasteiger partial charge in [0.15, 0.2) is 11.6 Å². The molecule has 8 heteroatoms. The molecule has 0 radical (unpaired) electrons. The Kier molecular flexibility index (Phi) is 11.1. The van der Waals surface area contributed by atoms with Gasteiger partial charge in [0.25, 0.3) is 0 Å². The van der Waals surface area contributed by atoms with Gasteiger partial charge in [0.2, 0.25) is 5.91 Å². The number of anilines is 1. The Morgan fingerprint density at radius 1 is 1.05 bits per heavy atom. The van der Waals surface area contributed by atoms with Crippen LogP contribution < -0.4 is 4.90 Å². The van der Waals surface area contributed by atoms with Crippen molar-refractivity contribution < 1.29 is 18.0 Å². The van der Waals surface area contributed by atoms with Gasteiger partial charge in [0, 0.05) is 15.7 Å². The van der Waals surface area contributed by atoms with Gasteiger partial charge in [-0.3, -0.25) is 4.79 Å². The summed E-state index contributed by atoms with van der Waals surface area (Å²) >= 11 is 12.4. The summed E-state index contributed by atoms with van der Waals surface area (Å²) in [5.41, 5.74) is 2.13.